The van der Waals surface area contributed by atoms with Gasteiger partial charge < -0.3 is 9.47 Å². The van der Waals surface area contributed by atoms with Crippen LogP contribution in [0.25, 0.3) is 6.08 Å². The molecule has 4 heteroatoms. The zero-order chi connectivity index (χ0) is 18.0. The zero-order valence-electron chi connectivity index (χ0n) is 14.4. The second kappa shape index (κ2) is 7.28. The third-order valence-corrected chi connectivity index (χ3v) is 4.60. The van der Waals surface area contributed by atoms with Crippen molar-refractivity contribution >= 4 is 27.8 Å². The highest BCUT2D eigenvalue weighted by Gasteiger charge is 2.30. The molecular formula is C21H19BrO3. The first-order chi connectivity index (χ1) is 12.0. The van der Waals surface area contributed by atoms with Crippen LogP contribution in [0.2, 0.25) is 0 Å². The SMILES string of the molecule is CC(C)=CCOc1cc(C)c2c(c1)O/C(=C\c1ccccc1Br)C2=O. The zero-order valence-corrected chi connectivity index (χ0v) is 16.0. The summed E-state index contributed by atoms with van der Waals surface area (Å²) < 4.78 is 12.5. The van der Waals surface area contributed by atoms with Gasteiger partial charge in [0.15, 0.2) is 5.76 Å². The molecule has 128 valence electrons. The molecule has 0 saturated heterocycles. The Morgan fingerprint density at radius 3 is 2.72 bits per heavy atom. The van der Waals surface area contributed by atoms with Crippen LogP contribution < -0.4 is 9.47 Å². The Kier molecular flexibility index (Phi) is 5.09. The van der Waals surface area contributed by atoms with Gasteiger partial charge >= 0.3 is 0 Å². The van der Waals surface area contributed by atoms with Gasteiger partial charge in [0.25, 0.3) is 0 Å². The van der Waals surface area contributed by atoms with Crippen LogP contribution >= 0.6 is 15.9 Å². The van der Waals surface area contributed by atoms with E-state index in [1.54, 1.807) is 12.1 Å². The van der Waals surface area contributed by atoms with Crippen molar-refractivity contribution in [1.29, 1.82) is 0 Å². The molecular weight excluding hydrogens is 380 g/mol. The van der Waals surface area contributed by atoms with E-state index in [-0.39, 0.29) is 5.78 Å². The third-order valence-electron chi connectivity index (χ3n) is 3.88. The van der Waals surface area contributed by atoms with Gasteiger partial charge in [-0.3, -0.25) is 4.79 Å². The standard InChI is InChI=1S/C21H19BrO3/c1-13(2)8-9-24-16-10-14(3)20-18(12-16)25-19(21(20)23)11-15-6-4-5-7-17(15)22/h4-8,10-12H,9H2,1-3H3/b19-11-. The number of ketones is 1. The molecule has 2 aromatic carbocycles. The average Bonchev–Trinajstić information content (AvgIpc) is 2.86. The van der Waals surface area contributed by atoms with E-state index in [0.717, 1.165) is 15.6 Å². The minimum absolute atomic E-state index is 0.0981. The van der Waals surface area contributed by atoms with Gasteiger partial charge in [-0.05, 0) is 56.2 Å². The van der Waals surface area contributed by atoms with Gasteiger partial charge in [-0.15, -0.1) is 0 Å². The molecule has 0 N–H and O–H groups in total. The van der Waals surface area contributed by atoms with Crippen molar-refractivity contribution in [3.8, 4) is 11.5 Å². The summed E-state index contributed by atoms with van der Waals surface area (Å²) in [5.74, 6) is 1.48. The lowest BCUT2D eigenvalue weighted by Gasteiger charge is -2.07. The summed E-state index contributed by atoms with van der Waals surface area (Å²) in [5.41, 5.74) is 3.55. The quantitative estimate of drug-likeness (QED) is 0.487. The summed E-state index contributed by atoms with van der Waals surface area (Å²) in [6.07, 6.45) is 3.77. The lowest BCUT2D eigenvalue weighted by atomic mass is 10.0. The molecule has 2 aromatic rings. The van der Waals surface area contributed by atoms with Gasteiger partial charge in [-0.1, -0.05) is 39.7 Å². The predicted octanol–water partition coefficient (Wildman–Crippen LogP) is 5.72. The van der Waals surface area contributed by atoms with Gasteiger partial charge in [0.1, 0.15) is 18.1 Å². The van der Waals surface area contributed by atoms with Crippen LogP contribution in [0.3, 0.4) is 0 Å². The summed E-state index contributed by atoms with van der Waals surface area (Å²) in [7, 11) is 0. The molecule has 0 aliphatic carbocycles. The lowest BCUT2D eigenvalue weighted by Crippen LogP contribution is -2.00. The van der Waals surface area contributed by atoms with E-state index in [1.165, 1.54) is 5.57 Å². The highest BCUT2D eigenvalue weighted by atomic mass is 79.9. The topological polar surface area (TPSA) is 35.5 Å². The number of halogens is 1. The van der Waals surface area contributed by atoms with E-state index in [9.17, 15) is 4.79 Å². The Morgan fingerprint density at radius 2 is 2.00 bits per heavy atom. The smallest absolute Gasteiger partial charge is 0.232 e. The van der Waals surface area contributed by atoms with Crippen molar-refractivity contribution in [3.63, 3.8) is 0 Å². The first-order valence-electron chi connectivity index (χ1n) is 8.05. The Morgan fingerprint density at radius 1 is 1.24 bits per heavy atom. The number of benzene rings is 2. The van der Waals surface area contributed by atoms with Crippen molar-refractivity contribution in [3.05, 3.63) is 75.0 Å². The van der Waals surface area contributed by atoms with E-state index >= 15 is 0 Å². The number of allylic oxidation sites excluding steroid dienone is 2. The lowest BCUT2D eigenvalue weighted by molar-refractivity contribution is 0.101. The Balaban J connectivity index is 1.89. The normalized spacial score (nSPS) is 14.2. The minimum Gasteiger partial charge on any atom is -0.489 e. The maximum absolute atomic E-state index is 12.7. The molecule has 0 unspecified atom stereocenters. The van der Waals surface area contributed by atoms with Crippen molar-refractivity contribution < 1.29 is 14.3 Å². The first kappa shape index (κ1) is 17.5. The van der Waals surface area contributed by atoms with Crippen molar-refractivity contribution in [2.24, 2.45) is 0 Å². The maximum Gasteiger partial charge on any atom is 0.232 e. The molecule has 25 heavy (non-hydrogen) atoms. The van der Waals surface area contributed by atoms with Crippen molar-refractivity contribution in [1.82, 2.24) is 0 Å². The van der Waals surface area contributed by atoms with E-state index in [2.05, 4.69) is 15.9 Å². The summed E-state index contributed by atoms with van der Waals surface area (Å²) in [6.45, 7) is 6.44. The fraction of sp³-hybridized carbons (Fsp3) is 0.190. The highest BCUT2D eigenvalue weighted by molar-refractivity contribution is 9.10. The Hall–Kier alpha value is -2.33. The van der Waals surface area contributed by atoms with E-state index in [0.29, 0.717) is 29.4 Å². The van der Waals surface area contributed by atoms with Gasteiger partial charge in [-0.2, -0.15) is 0 Å². The maximum atomic E-state index is 12.7. The van der Waals surface area contributed by atoms with Crippen molar-refractivity contribution in [2.45, 2.75) is 20.8 Å². The average molecular weight is 399 g/mol. The van der Waals surface area contributed by atoms with E-state index in [4.69, 9.17) is 9.47 Å². The number of carbonyl (C=O) groups is 1. The van der Waals surface area contributed by atoms with Crippen LogP contribution in [0.15, 0.2) is 58.3 Å². The number of carbonyl (C=O) groups excluding carboxylic acids is 1. The highest BCUT2D eigenvalue weighted by Crippen LogP contribution is 2.38. The number of hydrogen-bond acceptors (Lipinski definition) is 3. The van der Waals surface area contributed by atoms with Crippen LogP contribution in [0.4, 0.5) is 0 Å². The molecule has 1 aliphatic heterocycles. The molecule has 0 atom stereocenters. The van der Waals surface area contributed by atoms with Gasteiger partial charge in [-0.25, -0.2) is 0 Å². The molecule has 1 heterocycles. The molecule has 0 radical (unpaired) electrons. The molecule has 0 bridgehead atoms. The summed E-state index contributed by atoms with van der Waals surface area (Å²) in [5, 5.41) is 0. The molecule has 0 fully saturated rings. The fourth-order valence-electron chi connectivity index (χ4n) is 2.60. The minimum atomic E-state index is -0.0981. The Bertz CT molecular complexity index is 890. The number of hydrogen-bond donors (Lipinski definition) is 0. The second-order valence-corrected chi connectivity index (χ2v) is 7.02. The molecule has 0 amide bonds. The molecule has 3 nitrogen and oxygen atoms in total. The van der Waals surface area contributed by atoms with Crippen LogP contribution in [-0.2, 0) is 0 Å². The number of Topliss-reactive ketones (excluding diaryl/α,β-unsaturated/α-hetero) is 1. The predicted molar refractivity (Wildman–Crippen MR) is 103 cm³/mol. The third kappa shape index (κ3) is 3.85. The number of aryl methyl sites for hydroxylation is 1. The summed E-state index contributed by atoms with van der Waals surface area (Å²) >= 11 is 3.49. The fourth-order valence-corrected chi connectivity index (χ4v) is 3.00. The first-order valence-corrected chi connectivity index (χ1v) is 8.84. The largest absolute Gasteiger partial charge is 0.489 e. The summed E-state index contributed by atoms with van der Waals surface area (Å²) in [6, 6.07) is 11.4. The molecule has 0 spiro atoms. The monoisotopic (exact) mass is 398 g/mol. The van der Waals surface area contributed by atoms with Crippen LogP contribution in [0.5, 0.6) is 11.5 Å². The van der Waals surface area contributed by atoms with Gasteiger partial charge in [0.05, 0.1) is 5.56 Å². The number of ether oxygens (including phenoxy) is 2. The second-order valence-electron chi connectivity index (χ2n) is 6.17. The molecule has 3 rings (SSSR count). The van der Waals surface area contributed by atoms with Crippen LogP contribution in [0, 0.1) is 6.92 Å². The summed E-state index contributed by atoms with van der Waals surface area (Å²) in [4.78, 5) is 12.7. The van der Waals surface area contributed by atoms with Crippen LogP contribution in [0.1, 0.15) is 35.3 Å². The number of rotatable bonds is 4. The Labute approximate surface area is 156 Å². The van der Waals surface area contributed by atoms with E-state index < -0.39 is 0 Å². The molecule has 0 saturated carbocycles. The van der Waals surface area contributed by atoms with E-state index in [1.807, 2.05) is 57.2 Å². The molecule has 0 aromatic heterocycles. The number of fused-ring (bicyclic) bond motifs is 1. The molecule has 1 aliphatic rings. The van der Waals surface area contributed by atoms with Crippen molar-refractivity contribution in [2.75, 3.05) is 6.61 Å². The van der Waals surface area contributed by atoms with Gasteiger partial charge in [0, 0.05) is 10.5 Å². The van der Waals surface area contributed by atoms with Crippen LogP contribution in [-0.4, -0.2) is 12.4 Å². The van der Waals surface area contributed by atoms with Gasteiger partial charge in [0.2, 0.25) is 5.78 Å².